The zero-order chi connectivity index (χ0) is 12.8. The minimum atomic E-state index is 0.299. The van der Waals surface area contributed by atoms with Gasteiger partial charge in [0.15, 0.2) is 0 Å². The first-order valence-corrected chi connectivity index (χ1v) is 7.21. The zero-order valence-corrected chi connectivity index (χ0v) is 11.7. The molecule has 0 spiro atoms. The fourth-order valence-electron chi connectivity index (χ4n) is 1.91. The summed E-state index contributed by atoms with van der Waals surface area (Å²) < 4.78 is 0. The van der Waals surface area contributed by atoms with E-state index in [2.05, 4.69) is 40.6 Å². The summed E-state index contributed by atoms with van der Waals surface area (Å²) in [6, 6.07) is 6.38. The summed E-state index contributed by atoms with van der Waals surface area (Å²) in [5.74, 6) is 0.639. The molecule has 1 atom stereocenters. The number of nitrogens with zero attached hydrogens (tertiary/aromatic N) is 2. The second kappa shape index (κ2) is 6.61. The van der Waals surface area contributed by atoms with Crippen molar-refractivity contribution in [2.24, 2.45) is 5.92 Å². The molecule has 2 aromatic heterocycles. The van der Waals surface area contributed by atoms with Crippen LogP contribution < -0.4 is 5.32 Å². The van der Waals surface area contributed by atoms with Gasteiger partial charge in [-0.25, -0.2) is 4.98 Å². The lowest BCUT2D eigenvalue weighted by Gasteiger charge is -2.19. The van der Waals surface area contributed by atoms with Crippen molar-refractivity contribution < 1.29 is 0 Å². The van der Waals surface area contributed by atoms with Crippen LogP contribution in [0.2, 0.25) is 0 Å². The average Bonchev–Trinajstić information content (AvgIpc) is 2.88. The number of pyridine rings is 1. The van der Waals surface area contributed by atoms with E-state index in [-0.39, 0.29) is 0 Å². The first kappa shape index (κ1) is 13.2. The van der Waals surface area contributed by atoms with E-state index < -0.39 is 0 Å². The van der Waals surface area contributed by atoms with Crippen molar-refractivity contribution in [3.05, 3.63) is 46.7 Å². The number of hydrogen-bond acceptors (Lipinski definition) is 4. The first-order valence-electron chi connectivity index (χ1n) is 6.27. The summed E-state index contributed by atoms with van der Waals surface area (Å²) in [7, 11) is 0. The van der Waals surface area contributed by atoms with Crippen molar-refractivity contribution in [1.29, 1.82) is 0 Å². The molecule has 0 aromatic carbocycles. The van der Waals surface area contributed by atoms with E-state index in [9.17, 15) is 0 Å². The van der Waals surface area contributed by atoms with Crippen molar-refractivity contribution in [3.63, 3.8) is 0 Å². The van der Waals surface area contributed by atoms with E-state index in [0.717, 1.165) is 24.4 Å². The number of aromatic nitrogens is 2. The molecule has 96 valence electrons. The molecule has 2 aromatic rings. The molecule has 0 aliphatic carbocycles. The average molecular weight is 261 g/mol. The summed E-state index contributed by atoms with van der Waals surface area (Å²) in [5, 5.41) is 5.63. The number of thiazole rings is 1. The Morgan fingerprint density at radius 2 is 2.17 bits per heavy atom. The van der Waals surface area contributed by atoms with E-state index in [1.807, 2.05) is 23.8 Å². The predicted octanol–water partition coefficient (Wildman–Crippen LogP) is 3.42. The lowest BCUT2D eigenvalue weighted by atomic mass is 10.0. The SMILES string of the molecule is CC(C)CC(NCc1cscn1)c1ccccn1. The Labute approximate surface area is 112 Å². The standard InChI is InChI=1S/C14H19N3S/c1-11(2)7-14(13-5-3-4-6-15-13)16-8-12-9-18-10-17-12/h3-6,9-11,14,16H,7-8H2,1-2H3. The van der Waals surface area contributed by atoms with Crippen molar-refractivity contribution in [1.82, 2.24) is 15.3 Å². The van der Waals surface area contributed by atoms with Gasteiger partial charge in [0.2, 0.25) is 0 Å². The first-order chi connectivity index (χ1) is 8.75. The van der Waals surface area contributed by atoms with Crippen LogP contribution in [0.15, 0.2) is 35.3 Å². The predicted molar refractivity (Wildman–Crippen MR) is 75.4 cm³/mol. The third-order valence-corrected chi connectivity index (χ3v) is 3.40. The molecule has 0 fully saturated rings. The van der Waals surface area contributed by atoms with Gasteiger partial charge in [-0.05, 0) is 24.5 Å². The molecule has 0 saturated carbocycles. The van der Waals surface area contributed by atoms with Gasteiger partial charge in [-0.3, -0.25) is 4.98 Å². The molecule has 1 unspecified atom stereocenters. The third kappa shape index (κ3) is 3.89. The maximum Gasteiger partial charge on any atom is 0.0795 e. The summed E-state index contributed by atoms with van der Waals surface area (Å²) in [6.07, 6.45) is 2.94. The normalized spacial score (nSPS) is 12.8. The summed E-state index contributed by atoms with van der Waals surface area (Å²) in [6.45, 7) is 5.28. The van der Waals surface area contributed by atoms with Crippen molar-refractivity contribution in [3.8, 4) is 0 Å². The Morgan fingerprint density at radius 1 is 1.28 bits per heavy atom. The van der Waals surface area contributed by atoms with Crippen LogP contribution in [-0.4, -0.2) is 9.97 Å². The van der Waals surface area contributed by atoms with Crippen LogP contribution in [-0.2, 0) is 6.54 Å². The smallest absolute Gasteiger partial charge is 0.0795 e. The minimum Gasteiger partial charge on any atom is -0.303 e. The van der Waals surface area contributed by atoms with Crippen LogP contribution in [0.3, 0.4) is 0 Å². The van der Waals surface area contributed by atoms with Crippen LogP contribution in [0.5, 0.6) is 0 Å². The molecular weight excluding hydrogens is 242 g/mol. The van der Waals surface area contributed by atoms with Gasteiger partial charge >= 0.3 is 0 Å². The molecule has 2 rings (SSSR count). The van der Waals surface area contributed by atoms with Gasteiger partial charge in [-0.2, -0.15) is 0 Å². The minimum absolute atomic E-state index is 0.299. The fraction of sp³-hybridized carbons (Fsp3) is 0.429. The molecule has 0 saturated heterocycles. The summed E-state index contributed by atoms with van der Waals surface area (Å²) >= 11 is 1.63. The number of rotatable bonds is 6. The highest BCUT2D eigenvalue weighted by atomic mass is 32.1. The van der Waals surface area contributed by atoms with Crippen LogP contribution in [0, 0.1) is 5.92 Å². The Bertz CT molecular complexity index is 439. The lowest BCUT2D eigenvalue weighted by molar-refractivity contribution is 0.419. The van der Waals surface area contributed by atoms with Gasteiger partial charge in [-0.15, -0.1) is 11.3 Å². The molecule has 18 heavy (non-hydrogen) atoms. The van der Waals surface area contributed by atoms with E-state index in [0.29, 0.717) is 12.0 Å². The van der Waals surface area contributed by atoms with E-state index in [4.69, 9.17) is 0 Å². The zero-order valence-electron chi connectivity index (χ0n) is 10.8. The molecular formula is C14H19N3S. The molecule has 4 heteroatoms. The van der Waals surface area contributed by atoms with Crippen molar-refractivity contribution >= 4 is 11.3 Å². The fourth-order valence-corrected chi connectivity index (χ4v) is 2.47. The Balaban J connectivity index is 2.01. The second-order valence-electron chi connectivity index (χ2n) is 4.80. The number of nitrogens with one attached hydrogen (secondary N) is 1. The summed E-state index contributed by atoms with van der Waals surface area (Å²) in [5.41, 5.74) is 4.08. The van der Waals surface area contributed by atoms with Crippen molar-refractivity contribution in [2.75, 3.05) is 0 Å². The van der Waals surface area contributed by atoms with Crippen LogP contribution >= 0.6 is 11.3 Å². The van der Waals surface area contributed by atoms with Crippen molar-refractivity contribution in [2.45, 2.75) is 32.9 Å². The maximum absolute atomic E-state index is 4.45. The summed E-state index contributed by atoms with van der Waals surface area (Å²) in [4.78, 5) is 8.75. The van der Waals surface area contributed by atoms with Gasteiger partial charge in [0.25, 0.3) is 0 Å². The quantitative estimate of drug-likeness (QED) is 0.866. The van der Waals surface area contributed by atoms with Gasteiger partial charge in [0.05, 0.1) is 22.9 Å². The third-order valence-electron chi connectivity index (χ3n) is 2.76. The molecule has 0 bridgehead atoms. The van der Waals surface area contributed by atoms with Crippen LogP contribution in [0.4, 0.5) is 0 Å². The maximum atomic E-state index is 4.45. The Morgan fingerprint density at radius 3 is 2.78 bits per heavy atom. The van der Waals surface area contributed by atoms with E-state index in [1.54, 1.807) is 11.3 Å². The van der Waals surface area contributed by atoms with Crippen LogP contribution in [0.1, 0.15) is 37.7 Å². The van der Waals surface area contributed by atoms with E-state index in [1.165, 1.54) is 0 Å². The highest BCUT2D eigenvalue weighted by molar-refractivity contribution is 7.07. The highest BCUT2D eigenvalue weighted by Crippen LogP contribution is 2.19. The van der Waals surface area contributed by atoms with Gasteiger partial charge in [-0.1, -0.05) is 19.9 Å². The van der Waals surface area contributed by atoms with Gasteiger partial charge in [0.1, 0.15) is 0 Å². The monoisotopic (exact) mass is 261 g/mol. The molecule has 0 radical (unpaired) electrons. The molecule has 0 amide bonds. The van der Waals surface area contributed by atoms with E-state index >= 15 is 0 Å². The van der Waals surface area contributed by atoms with Gasteiger partial charge < -0.3 is 5.32 Å². The lowest BCUT2D eigenvalue weighted by Crippen LogP contribution is -2.23. The number of hydrogen-bond donors (Lipinski definition) is 1. The molecule has 0 aliphatic rings. The Kier molecular flexibility index (Phi) is 4.84. The second-order valence-corrected chi connectivity index (χ2v) is 5.52. The molecule has 3 nitrogen and oxygen atoms in total. The van der Waals surface area contributed by atoms with Crippen LogP contribution in [0.25, 0.3) is 0 Å². The largest absolute Gasteiger partial charge is 0.303 e. The Hall–Kier alpha value is -1.26. The van der Waals surface area contributed by atoms with Gasteiger partial charge in [0, 0.05) is 18.1 Å². The topological polar surface area (TPSA) is 37.8 Å². The molecule has 2 heterocycles. The highest BCUT2D eigenvalue weighted by Gasteiger charge is 2.14. The molecule has 1 N–H and O–H groups in total. The molecule has 0 aliphatic heterocycles.